The van der Waals surface area contributed by atoms with E-state index in [2.05, 4.69) is 25.9 Å². The third-order valence-electron chi connectivity index (χ3n) is 5.28. The monoisotopic (exact) mass is 482 g/mol. The maximum Gasteiger partial charge on any atom is 0.417 e. The predicted octanol–water partition coefficient (Wildman–Crippen LogP) is 4.29. The van der Waals surface area contributed by atoms with Crippen LogP contribution in [0.1, 0.15) is 17.2 Å². The van der Waals surface area contributed by atoms with Crippen molar-refractivity contribution in [1.82, 2.24) is 14.9 Å². The molecular weight excluding hydrogens is 465 g/mol. The molecule has 0 unspecified atom stereocenters. The number of hydrogen-bond donors (Lipinski definition) is 2. The molecule has 0 spiro atoms. The van der Waals surface area contributed by atoms with E-state index in [0.717, 1.165) is 27.6 Å². The first kappa shape index (κ1) is 20.7. The van der Waals surface area contributed by atoms with Gasteiger partial charge >= 0.3 is 12.1 Å². The third kappa shape index (κ3) is 4.01. The molecule has 158 valence electrons. The predicted molar refractivity (Wildman–Crippen MR) is 109 cm³/mol. The number of pyridine rings is 1. The minimum atomic E-state index is -4.42. The van der Waals surface area contributed by atoms with Crippen LogP contribution < -0.4 is 4.90 Å². The molecule has 1 saturated heterocycles. The molecule has 30 heavy (non-hydrogen) atoms. The summed E-state index contributed by atoms with van der Waals surface area (Å²) in [6.07, 6.45) is -1.88. The van der Waals surface area contributed by atoms with E-state index in [1.165, 1.54) is 6.07 Å². The van der Waals surface area contributed by atoms with Gasteiger partial charge in [0.15, 0.2) is 0 Å². The van der Waals surface area contributed by atoms with Crippen LogP contribution >= 0.6 is 15.9 Å². The molecule has 1 aliphatic heterocycles. The van der Waals surface area contributed by atoms with Crippen LogP contribution in [0.5, 0.6) is 0 Å². The van der Waals surface area contributed by atoms with Gasteiger partial charge in [-0.3, -0.25) is 9.69 Å². The summed E-state index contributed by atoms with van der Waals surface area (Å²) in [5.74, 6) is -0.494. The van der Waals surface area contributed by atoms with Crippen LogP contribution in [-0.2, 0) is 11.0 Å². The average Bonchev–Trinajstić information content (AvgIpc) is 3.10. The van der Waals surface area contributed by atoms with Gasteiger partial charge in [-0.2, -0.15) is 13.2 Å². The van der Waals surface area contributed by atoms with Gasteiger partial charge in [-0.1, -0.05) is 22.0 Å². The zero-order valence-corrected chi connectivity index (χ0v) is 17.2. The number of carboxylic acid groups (broad SMARTS) is 1. The normalized spacial score (nSPS) is 16.7. The number of rotatable bonds is 4. The van der Waals surface area contributed by atoms with Gasteiger partial charge < -0.3 is 15.0 Å². The van der Waals surface area contributed by atoms with E-state index >= 15 is 0 Å². The second-order valence-corrected chi connectivity index (χ2v) is 8.02. The van der Waals surface area contributed by atoms with Gasteiger partial charge in [0.25, 0.3) is 0 Å². The van der Waals surface area contributed by atoms with Gasteiger partial charge in [-0.25, -0.2) is 4.98 Å². The highest BCUT2D eigenvalue weighted by Gasteiger charge is 2.33. The summed E-state index contributed by atoms with van der Waals surface area (Å²) < 4.78 is 39.1. The molecule has 2 N–H and O–H groups in total. The standard InChI is InChI=1S/C20H18BrF3N4O2/c21-13-2-3-14-15(11-25-16(14)9-13)18(19(29)30)28-7-5-27(6-8-28)17-4-1-12(10-26-17)20(22,23)24/h1-4,9-11,18,25H,5-8H2,(H,29,30)/t18-/m1/s1. The van der Waals surface area contributed by atoms with E-state index in [1.807, 2.05) is 28.0 Å². The Morgan fingerprint density at radius 1 is 1.17 bits per heavy atom. The molecule has 0 amide bonds. The first-order valence-corrected chi connectivity index (χ1v) is 10.0. The Labute approximate surface area is 178 Å². The van der Waals surface area contributed by atoms with Crippen molar-refractivity contribution in [2.24, 2.45) is 0 Å². The molecule has 3 heterocycles. The maximum atomic E-state index is 12.7. The highest BCUT2D eigenvalue weighted by Crippen LogP contribution is 2.32. The summed E-state index contributed by atoms with van der Waals surface area (Å²) in [5, 5.41) is 10.7. The van der Waals surface area contributed by atoms with Crippen molar-refractivity contribution in [1.29, 1.82) is 0 Å². The van der Waals surface area contributed by atoms with Crippen molar-refractivity contribution >= 4 is 38.6 Å². The number of nitrogens with one attached hydrogen (secondary N) is 1. The van der Waals surface area contributed by atoms with Gasteiger partial charge in [0.2, 0.25) is 0 Å². The van der Waals surface area contributed by atoms with E-state index < -0.39 is 23.8 Å². The van der Waals surface area contributed by atoms with E-state index in [-0.39, 0.29) is 0 Å². The Hall–Kier alpha value is -2.59. The Balaban J connectivity index is 1.50. The molecule has 0 aliphatic carbocycles. The molecule has 0 saturated carbocycles. The number of H-pyrrole nitrogens is 1. The Kier molecular flexibility index (Phi) is 5.46. The molecular formula is C20H18BrF3N4O2. The second-order valence-electron chi connectivity index (χ2n) is 7.10. The third-order valence-corrected chi connectivity index (χ3v) is 5.78. The van der Waals surface area contributed by atoms with E-state index in [9.17, 15) is 23.1 Å². The van der Waals surface area contributed by atoms with Crippen molar-refractivity contribution in [3.8, 4) is 0 Å². The second kappa shape index (κ2) is 7.92. The minimum absolute atomic E-state index is 0.447. The molecule has 0 radical (unpaired) electrons. The largest absolute Gasteiger partial charge is 0.480 e. The fraction of sp³-hybridized carbons (Fsp3) is 0.300. The van der Waals surface area contributed by atoms with Crippen LogP contribution in [0.3, 0.4) is 0 Å². The summed E-state index contributed by atoms with van der Waals surface area (Å²) >= 11 is 3.41. The van der Waals surface area contributed by atoms with Crippen molar-refractivity contribution in [3.05, 3.63) is 58.3 Å². The molecule has 3 aromatic rings. The Morgan fingerprint density at radius 2 is 1.90 bits per heavy atom. The number of nitrogens with zero attached hydrogens (tertiary/aromatic N) is 3. The van der Waals surface area contributed by atoms with E-state index in [1.54, 1.807) is 6.20 Å². The number of aromatic nitrogens is 2. The van der Waals surface area contributed by atoms with Gasteiger partial charge in [0.1, 0.15) is 11.9 Å². The number of hydrogen-bond acceptors (Lipinski definition) is 4. The average molecular weight is 483 g/mol. The number of piperazine rings is 1. The molecule has 0 bridgehead atoms. The summed E-state index contributed by atoms with van der Waals surface area (Å²) in [6.45, 7) is 1.83. The lowest BCUT2D eigenvalue weighted by atomic mass is 10.0. The first-order chi connectivity index (χ1) is 14.2. The summed E-state index contributed by atoms with van der Waals surface area (Å²) in [4.78, 5) is 22.9. The molecule has 1 aromatic carbocycles. The fourth-order valence-electron chi connectivity index (χ4n) is 3.78. The number of benzene rings is 1. The molecule has 10 heteroatoms. The molecule has 2 aromatic heterocycles. The lowest BCUT2D eigenvalue weighted by molar-refractivity contribution is -0.143. The number of alkyl halides is 3. The summed E-state index contributed by atoms with van der Waals surface area (Å²) in [7, 11) is 0. The number of anilines is 1. The number of fused-ring (bicyclic) bond motifs is 1. The molecule has 1 aliphatic rings. The van der Waals surface area contributed by atoms with E-state index in [4.69, 9.17) is 0 Å². The van der Waals surface area contributed by atoms with Crippen molar-refractivity contribution in [2.75, 3.05) is 31.1 Å². The first-order valence-electron chi connectivity index (χ1n) is 9.25. The Morgan fingerprint density at radius 3 is 2.50 bits per heavy atom. The number of carboxylic acids is 1. The summed E-state index contributed by atoms with van der Waals surface area (Å²) in [5.41, 5.74) is 0.742. The van der Waals surface area contributed by atoms with Crippen LogP contribution in [0.25, 0.3) is 10.9 Å². The lowest BCUT2D eigenvalue weighted by Crippen LogP contribution is -2.49. The molecule has 4 rings (SSSR count). The van der Waals surface area contributed by atoms with Crippen molar-refractivity contribution in [3.63, 3.8) is 0 Å². The number of carbonyl (C=O) groups is 1. The summed E-state index contributed by atoms with van der Waals surface area (Å²) in [6, 6.07) is 7.19. The smallest absolute Gasteiger partial charge is 0.417 e. The number of halogens is 4. The topological polar surface area (TPSA) is 72.5 Å². The highest BCUT2D eigenvalue weighted by molar-refractivity contribution is 9.10. The quantitative estimate of drug-likeness (QED) is 0.580. The van der Waals surface area contributed by atoms with Crippen LogP contribution in [-0.4, -0.2) is 52.1 Å². The maximum absolute atomic E-state index is 12.7. The molecule has 1 atom stereocenters. The van der Waals surface area contributed by atoms with Crippen LogP contribution in [0, 0.1) is 0 Å². The zero-order valence-electron chi connectivity index (χ0n) is 15.7. The highest BCUT2D eigenvalue weighted by atomic mass is 79.9. The van der Waals surface area contributed by atoms with Gasteiger partial charge in [0.05, 0.1) is 5.56 Å². The van der Waals surface area contributed by atoms with Gasteiger partial charge in [-0.05, 0) is 24.3 Å². The molecule has 6 nitrogen and oxygen atoms in total. The van der Waals surface area contributed by atoms with Crippen molar-refractivity contribution < 1.29 is 23.1 Å². The van der Waals surface area contributed by atoms with E-state index in [0.29, 0.717) is 37.6 Å². The van der Waals surface area contributed by atoms with Crippen LogP contribution in [0.2, 0.25) is 0 Å². The SMILES string of the molecule is O=C(O)[C@@H](c1c[nH]c2cc(Br)ccc12)N1CCN(c2ccc(C(F)(F)F)cn2)CC1. The van der Waals surface area contributed by atoms with Crippen LogP contribution in [0.4, 0.5) is 19.0 Å². The van der Waals surface area contributed by atoms with Crippen LogP contribution in [0.15, 0.2) is 47.2 Å². The van der Waals surface area contributed by atoms with Gasteiger partial charge in [0, 0.05) is 59.5 Å². The van der Waals surface area contributed by atoms with Crippen molar-refractivity contribution in [2.45, 2.75) is 12.2 Å². The number of aliphatic carboxylic acids is 1. The zero-order chi connectivity index (χ0) is 21.5. The van der Waals surface area contributed by atoms with Gasteiger partial charge in [-0.15, -0.1) is 0 Å². The number of aromatic amines is 1. The Bertz CT molecular complexity index is 1060. The lowest BCUT2D eigenvalue weighted by Gasteiger charge is -2.38. The fourth-order valence-corrected chi connectivity index (χ4v) is 4.14. The molecule has 1 fully saturated rings. The minimum Gasteiger partial charge on any atom is -0.480 e.